The van der Waals surface area contributed by atoms with Gasteiger partial charge in [0.1, 0.15) is 12.6 Å². The molecule has 1 aliphatic rings. The van der Waals surface area contributed by atoms with Crippen LogP contribution in [0.15, 0.2) is 66.7 Å². The van der Waals surface area contributed by atoms with Crippen LogP contribution < -0.4 is 15.5 Å². The standard InChI is InChI=1S/C25H29N3O/c1-19(23-10-6-8-21-7-2-3-9-24(21)23)26-17-25(29)27-22-13-11-20(12-14-22)18-28-15-4-5-16-28/h2-3,6-14,19,26H,4-5,15-18H2,1H3,(H,27,29)/p+2/t19-/m0/s1. The van der Waals surface area contributed by atoms with E-state index < -0.39 is 0 Å². The Morgan fingerprint density at radius 3 is 2.52 bits per heavy atom. The molecule has 29 heavy (non-hydrogen) atoms. The number of nitrogens with one attached hydrogen (secondary N) is 2. The molecule has 0 bridgehead atoms. The van der Waals surface area contributed by atoms with E-state index in [2.05, 4.69) is 72.2 Å². The van der Waals surface area contributed by atoms with Gasteiger partial charge in [0.25, 0.3) is 5.91 Å². The molecule has 4 rings (SSSR count). The Morgan fingerprint density at radius 1 is 1.00 bits per heavy atom. The number of rotatable bonds is 7. The summed E-state index contributed by atoms with van der Waals surface area (Å²) >= 11 is 0. The molecule has 4 N–H and O–H groups in total. The van der Waals surface area contributed by atoms with Crippen LogP contribution in [0.1, 0.15) is 36.9 Å². The Balaban J connectivity index is 1.30. The number of fused-ring (bicyclic) bond motifs is 1. The summed E-state index contributed by atoms with van der Waals surface area (Å²) in [5.41, 5.74) is 3.49. The van der Waals surface area contributed by atoms with Crippen LogP contribution in [0, 0.1) is 0 Å². The molecule has 1 fully saturated rings. The summed E-state index contributed by atoms with van der Waals surface area (Å²) in [7, 11) is 0. The minimum Gasteiger partial charge on any atom is -0.332 e. The third-order valence-corrected chi connectivity index (χ3v) is 5.97. The minimum absolute atomic E-state index is 0.0370. The van der Waals surface area contributed by atoms with Crippen LogP contribution in [0.5, 0.6) is 0 Å². The lowest BCUT2D eigenvalue weighted by Crippen LogP contribution is -3.08. The number of benzene rings is 3. The predicted molar refractivity (Wildman–Crippen MR) is 118 cm³/mol. The molecule has 0 aliphatic carbocycles. The smallest absolute Gasteiger partial charge is 0.279 e. The van der Waals surface area contributed by atoms with Gasteiger partial charge < -0.3 is 15.5 Å². The molecule has 0 saturated carbocycles. The largest absolute Gasteiger partial charge is 0.332 e. The number of carbonyl (C=O) groups excluding carboxylic acids is 1. The highest BCUT2D eigenvalue weighted by Crippen LogP contribution is 2.22. The quantitative estimate of drug-likeness (QED) is 0.571. The van der Waals surface area contributed by atoms with Crippen LogP contribution in [0.3, 0.4) is 0 Å². The van der Waals surface area contributed by atoms with Gasteiger partial charge in [0.2, 0.25) is 0 Å². The van der Waals surface area contributed by atoms with E-state index in [1.165, 1.54) is 47.8 Å². The molecule has 3 aromatic carbocycles. The molecule has 150 valence electrons. The Morgan fingerprint density at radius 2 is 1.72 bits per heavy atom. The zero-order valence-electron chi connectivity index (χ0n) is 17.2. The van der Waals surface area contributed by atoms with E-state index in [4.69, 9.17) is 0 Å². The third-order valence-electron chi connectivity index (χ3n) is 5.97. The molecule has 1 aliphatic heterocycles. The molecule has 1 amide bonds. The lowest BCUT2D eigenvalue weighted by atomic mass is 10.00. The maximum atomic E-state index is 12.4. The molecule has 0 radical (unpaired) electrons. The van der Waals surface area contributed by atoms with Crippen molar-refractivity contribution in [2.45, 2.75) is 32.4 Å². The molecule has 1 atom stereocenters. The van der Waals surface area contributed by atoms with Crippen molar-refractivity contribution in [2.24, 2.45) is 0 Å². The van der Waals surface area contributed by atoms with Crippen LogP contribution >= 0.6 is 0 Å². The van der Waals surface area contributed by atoms with Gasteiger partial charge in [-0.25, -0.2) is 0 Å². The van der Waals surface area contributed by atoms with Crippen molar-refractivity contribution in [3.8, 4) is 0 Å². The van der Waals surface area contributed by atoms with Crippen molar-refractivity contribution < 1.29 is 15.0 Å². The third kappa shape index (κ3) is 5.03. The van der Waals surface area contributed by atoms with Crippen molar-refractivity contribution in [3.63, 3.8) is 0 Å². The highest BCUT2D eigenvalue weighted by Gasteiger charge is 2.16. The zero-order valence-corrected chi connectivity index (χ0v) is 17.2. The molecule has 4 nitrogen and oxygen atoms in total. The van der Waals surface area contributed by atoms with Crippen LogP contribution in [-0.4, -0.2) is 25.5 Å². The molecular weight excluding hydrogens is 358 g/mol. The topological polar surface area (TPSA) is 50.1 Å². The molecule has 0 aromatic heterocycles. The van der Waals surface area contributed by atoms with Crippen LogP contribution in [-0.2, 0) is 11.3 Å². The van der Waals surface area contributed by atoms with Crippen LogP contribution in [0.25, 0.3) is 10.8 Å². The van der Waals surface area contributed by atoms with Crippen molar-refractivity contribution in [1.82, 2.24) is 0 Å². The summed E-state index contributed by atoms with van der Waals surface area (Å²) in [6.07, 6.45) is 2.69. The van der Waals surface area contributed by atoms with E-state index >= 15 is 0 Å². The normalized spacial score (nSPS) is 15.5. The van der Waals surface area contributed by atoms with E-state index in [0.29, 0.717) is 6.54 Å². The van der Waals surface area contributed by atoms with Crippen molar-refractivity contribution >= 4 is 22.4 Å². The first-order valence-electron chi connectivity index (χ1n) is 10.7. The summed E-state index contributed by atoms with van der Waals surface area (Å²) in [6, 6.07) is 23.3. The second-order valence-corrected chi connectivity index (χ2v) is 8.18. The minimum atomic E-state index is 0.0370. The van der Waals surface area contributed by atoms with Crippen LogP contribution in [0.4, 0.5) is 5.69 Å². The highest BCUT2D eigenvalue weighted by molar-refractivity contribution is 5.91. The van der Waals surface area contributed by atoms with Gasteiger partial charge in [0, 0.05) is 29.7 Å². The first kappa shape index (κ1) is 19.6. The van der Waals surface area contributed by atoms with Crippen LogP contribution in [0.2, 0.25) is 0 Å². The van der Waals surface area contributed by atoms with Gasteiger partial charge in [-0.1, -0.05) is 54.6 Å². The SMILES string of the molecule is C[C@H]([NH2+]CC(=O)Nc1ccc(C[NH+]2CCCC2)cc1)c1cccc2ccccc12. The van der Waals surface area contributed by atoms with E-state index in [1.54, 1.807) is 4.90 Å². The van der Waals surface area contributed by atoms with E-state index in [-0.39, 0.29) is 11.9 Å². The molecular formula is C25H31N3O+2. The maximum Gasteiger partial charge on any atom is 0.279 e. The Bertz CT molecular complexity index is 956. The van der Waals surface area contributed by atoms with E-state index in [9.17, 15) is 4.79 Å². The molecule has 1 heterocycles. The Hall–Kier alpha value is -2.69. The second kappa shape index (κ2) is 9.21. The summed E-state index contributed by atoms with van der Waals surface area (Å²) in [6.45, 7) is 6.21. The Labute approximate surface area is 172 Å². The van der Waals surface area contributed by atoms with Crippen molar-refractivity contribution in [2.75, 3.05) is 25.0 Å². The monoisotopic (exact) mass is 389 g/mol. The van der Waals surface area contributed by atoms with Gasteiger partial charge in [-0.05, 0) is 29.8 Å². The molecule has 4 heteroatoms. The molecule has 0 unspecified atom stereocenters. The summed E-state index contributed by atoms with van der Waals surface area (Å²) in [4.78, 5) is 14.1. The fourth-order valence-corrected chi connectivity index (χ4v) is 4.32. The van der Waals surface area contributed by atoms with E-state index in [0.717, 1.165) is 12.2 Å². The summed E-state index contributed by atoms with van der Waals surface area (Å²) in [5, 5.41) is 7.63. The van der Waals surface area contributed by atoms with Gasteiger partial charge in [-0.15, -0.1) is 0 Å². The molecule has 1 saturated heterocycles. The number of amides is 1. The summed E-state index contributed by atoms with van der Waals surface area (Å²) < 4.78 is 0. The average Bonchev–Trinajstić information content (AvgIpc) is 3.26. The predicted octanol–water partition coefficient (Wildman–Crippen LogP) is 2.28. The number of nitrogens with two attached hydrogens (primary N) is 1. The van der Waals surface area contributed by atoms with E-state index in [1.807, 2.05) is 12.1 Å². The van der Waals surface area contributed by atoms with Gasteiger partial charge in [0.05, 0.1) is 13.1 Å². The first-order chi connectivity index (χ1) is 14.2. The molecule has 3 aromatic rings. The number of likely N-dealkylation sites (tertiary alicyclic amines) is 1. The summed E-state index contributed by atoms with van der Waals surface area (Å²) in [5.74, 6) is 0.0370. The second-order valence-electron chi connectivity index (χ2n) is 8.18. The van der Waals surface area contributed by atoms with Gasteiger partial charge in [0.15, 0.2) is 6.54 Å². The number of carbonyl (C=O) groups is 1. The maximum absolute atomic E-state index is 12.4. The number of quaternary nitrogens is 2. The Kier molecular flexibility index (Phi) is 6.23. The lowest BCUT2D eigenvalue weighted by molar-refractivity contribution is -0.901. The number of anilines is 1. The highest BCUT2D eigenvalue weighted by atomic mass is 16.1. The van der Waals surface area contributed by atoms with Gasteiger partial charge >= 0.3 is 0 Å². The fourth-order valence-electron chi connectivity index (χ4n) is 4.32. The zero-order chi connectivity index (χ0) is 20.1. The van der Waals surface area contributed by atoms with Crippen molar-refractivity contribution in [3.05, 3.63) is 77.9 Å². The number of hydrogen-bond acceptors (Lipinski definition) is 1. The molecule has 0 spiro atoms. The lowest BCUT2D eigenvalue weighted by Gasteiger charge is -2.14. The first-order valence-corrected chi connectivity index (χ1v) is 10.7. The average molecular weight is 390 g/mol. The fraction of sp³-hybridized carbons (Fsp3) is 0.320. The van der Waals surface area contributed by atoms with Crippen molar-refractivity contribution in [1.29, 1.82) is 0 Å². The van der Waals surface area contributed by atoms with Gasteiger partial charge in [-0.3, -0.25) is 4.79 Å². The number of hydrogen-bond donors (Lipinski definition) is 3. The van der Waals surface area contributed by atoms with Gasteiger partial charge in [-0.2, -0.15) is 0 Å².